The van der Waals surface area contributed by atoms with Crippen molar-refractivity contribution < 1.29 is 13.5 Å². The zero-order valence-corrected chi connectivity index (χ0v) is 9.68. The van der Waals surface area contributed by atoms with Crippen molar-refractivity contribution in [3.8, 4) is 0 Å². The van der Waals surface area contributed by atoms with Crippen LogP contribution in [-0.2, 0) is 9.84 Å². The van der Waals surface area contributed by atoms with Gasteiger partial charge in [-0.3, -0.25) is 0 Å². The number of aliphatic hydroxyl groups excluding tert-OH is 1. The van der Waals surface area contributed by atoms with Gasteiger partial charge in [0.1, 0.15) is 0 Å². The number of halogens is 1. The Labute approximate surface area is 90.8 Å². The van der Waals surface area contributed by atoms with Crippen molar-refractivity contribution >= 4 is 25.8 Å². The van der Waals surface area contributed by atoms with Crippen LogP contribution in [-0.4, -0.2) is 19.3 Å². The van der Waals surface area contributed by atoms with Crippen molar-refractivity contribution in [1.29, 1.82) is 0 Å². The van der Waals surface area contributed by atoms with Crippen molar-refractivity contribution in [3.63, 3.8) is 0 Å². The molecule has 1 aliphatic heterocycles. The van der Waals surface area contributed by atoms with Gasteiger partial charge in [-0.25, -0.2) is 8.42 Å². The second kappa shape index (κ2) is 3.32. The van der Waals surface area contributed by atoms with Crippen LogP contribution in [0.4, 0.5) is 0 Å². The highest BCUT2D eigenvalue weighted by Gasteiger charge is 2.30. The van der Waals surface area contributed by atoms with Crippen molar-refractivity contribution in [2.24, 2.45) is 0 Å². The van der Waals surface area contributed by atoms with Gasteiger partial charge in [0.2, 0.25) is 0 Å². The highest BCUT2D eigenvalue weighted by atomic mass is 79.9. The Balaban J connectivity index is 2.77. The molecule has 76 valence electrons. The molecule has 0 saturated carbocycles. The minimum Gasteiger partial charge on any atom is -0.388 e. The molecule has 0 aliphatic carbocycles. The molecule has 0 radical (unpaired) electrons. The minimum absolute atomic E-state index is 0.0176. The molecular weight excluding hydrogens is 268 g/mol. The fourth-order valence-electron chi connectivity index (χ4n) is 1.64. The molecular formula is C9H9BrO3S. The van der Waals surface area contributed by atoms with E-state index in [-0.39, 0.29) is 17.1 Å². The molecule has 3 nitrogen and oxygen atoms in total. The molecule has 5 heteroatoms. The molecule has 14 heavy (non-hydrogen) atoms. The zero-order valence-electron chi connectivity index (χ0n) is 7.27. The molecule has 1 aliphatic rings. The quantitative estimate of drug-likeness (QED) is 0.784. The lowest BCUT2D eigenvalue weighted by Crippen LogP contribution is -2.20. The summed E-state index contributed by atoms with van der Waals surface area (Å²) in [4.78, 5) is 0.249. The van der Waals surface area contributed by atoms with E-state index in [1.165, 1.54) is 0 Å². The van der Waals surface area contributed by atoms with Crippen molar-refractivity contribution in [2.45, 2.75) is 17.4 Å². The molecule has 0 aromatic heterocycles. The summed E-state index contributed by atoms with van der Waals surface area (Å²) in [5.74, 6) is 0.0176. The minimum atomic E-state index is -3.21. The van der Waals surface area contributed by atoms with Gasteiger partial charge in [0, 0.05) is 10.0 Å². The average Bonchev–Trinajstić information content (AvgIpc) is 2.12. The van der Waals surface area contributed by atoms with Gasteiger partial charge in [-0.1, -0.05) is 12.1 Å². The lowest BCUT2D eigenvalue weighted by atomic mass is 10.1. The lowest BCUT2D eigenvalue weighted by Gasteiger charge is -2.22. The van der Waals surface area contributed by atoms with Crippen molar-refractivity contribution in [2.75, 3.05) is 5.75 Å². The van der Waals surface area contributed by atoms with Gasteiger partial charge >= 0.3 is 0 Å². The normalized spacial score (nSPS) is 24.3. The molecule has 1 atom stereocenters. The number of fused-ring (bicyclic) bond motifs is 1. The Kier molecular flexibility index (Phi) is 2.41. The molecule has 0 amide bonds. The summed E-state index contributed by atoms with van der Waals surface area (Å²) in [6.45, 7) is 0. The van der Waals surface area contributed by atoms with Gasteiger partial charge in [0.05, 0.1) is 16.8 Å². The Morgan fingerprint density at radius 2 is 2.14 bits per heavy atom. The molecule has 0 spiro atoms. The first kappa shape index (κ1) is 10.1. The van der Waals surface area contributed by atoms with Crippen LogP contribution in [0.2, 0.25) is 0 Å². The van der Waals surface area contributed by atoms with Gasteiger partial charge in [-0.15, -0.1) is 0 Å². The van der Waals surface area contributed by atoms with E-state index in [0.717, 1.165) is 0 Å². The zero-order chi connectivity index (χ0) is 10.3. The summed E-state index contributed by atoms with van der Waals surface area (Å²) >= 11 is 3.19. The number of rotatable bonds is 0. The summed E-state index contributed by atoms with van der Waals surface area (Å²) in [5.41, 5.74) is 0.505. The van der Waals surface area contributed by atoms with Gasteiger partial charge in [-0.05, 0) is 28.4 Å². The lowest BCUT2D eigenvalue weighted by molar-refractivity contribution is 0.168. The fraction of sp³-hybridized carbons (Fsp3) is 0.333. The van der Waals surface area contributed by atoms with Crippen LogP contribution in [0.5, 0.6) is 0 Å². The van der Waals surface area contributed by atoms with Crippen LogP contribution in [0.1, 0.15) is 18.1 Å². The number of sulfone groups is 1. The SMILES string of the molecule is O=S1(=O)CCC(O)c2cccc(Br)c21. The van der Waals surface area contributed by atoms with E-state index in [4.69, 9.17) is 0 Å². The summed E-state index contributed by atoms with van der Waals surface area (Å²) in [7, 11) is -3.21. The molecule has 1 unspecified atom stereocenters. The van der Waals surface area contributed by atoms with Crippen LogP contribution >= 0.6 is 15.9 Å². The predicted molar refractivity (Wildman–Crippen MR) is 55.8 cm³/mol. The average molecular weight is 277 g/mol. The summed E-state index contributed by atoms with van der Waals surface area (Å²) < 4.78 is 23.9. The second-order valence-corrected chi connectivity index (χ2v) is 6.18. The highest BCUT2D eigenvalue weighted by Crippen LogP contribution is 2.36. The van der Waals surface area contributed by atoms with Crippen LogP contribution in [0.15, 0.2) is 27.6 Å². The topological polar surface area (TPSA) is 54.4 Å². The first-order chi connectivity index (χ1) is 6.52. The van der Waals surface area contributed by atoms with Gasteiger partial charge in [0.15, 0.2) is 9.84 Å². The van der Waals surface area contributed by atoms with E-state index in [1.54, 1.807) is 18.2 Å². The molecule has 2 rings (SSSR count). The fourth-order valence-corrected chi connectivity index (χ4v) is 4.43. The maximum Gasteiger partial charge on any atom is 0.179 e. The van der Waals surface area contributed by atoms with E-state index in [2.05, 4.69) is 15.9 Å². The van der Waals surface area contributed by atoms with E-state index in [1.807, 2.05) is 0 Å². The first-order valence-corrected chi connectivity index (χ1v) is 6.66. The molecule has 1 aromatic carbocycles. The Morgan fingerprint density at radius 1 is 1.43 bits per heavy atom. The van der Waals surface area contributed by atoms with Crippen LogP contribution < -0.4 is 0 Å². The molecule has 1 aromatic rings. The first-order valence-electron chi connectivity index (χ1n) is 4.21. The maximum atomic E-state index is 11.7. The van der Waals surface area contributed by atoms with Crippen LogP contribution in [0.3, 0.4) is 0 Å². The third-order valence-corrected chi connectivity index (χ3v) is 5.10. The number of hydrogen-bond donors (Lipinski definition) is 1. The molecule has 1 heterocycles. The Morgan fingerprint density at radius 3 is 2.79 bits per heavy atom. The van der Waals surface area contributed by atoms with Gasteiger partial charge < -0.3 is 5.11 Å². The monoisotopic (exact) mass is 276 g/mol. The van der Waals surface area contributed by atoms with Crippen LogP contribution in [0, 0.1) is 0 Å². The Bertz CT molecular complexity index is 467. The molecule has 0 saturated heterocycles. The standard InChI is InChI=1S/C9H9BrO3S/c10-7-3-1-2-6-8(11)4-5-14(12,13)9(6)7/h1-3,8,11H,4-5H2. The summed E-state index contributed by atoms with van der Waals surface area (Å²) in [6.07, 6.45) is -0.378. The van der Waals surface area contributed by atoms with Crippen LogP contribution in [0.25, 0.3) is 0 Å². The predicted octanol–water partition coefficient (Wildman–Crippen LogP) is 1.66. The number of hydrogen-bond acceptors (Lipinski definition) is 3. The van der Waals surface area contributed by atoms with E-state index in [9.17, 15) is 13.5 Å². The van der Waals surface area contributed by atoms with E-state index in [0.29, 0.717) is 10.0 Å². The van der Waals surface area contributed by atoms with Gasteiger partial charge in [0.25, 0.3) is 0 Å². The highest BCUT2D eigenvalue weighted by molar-refractivity contribution is 9.10. The molecule has 1 N–H and O–H groups in total. The third-order valence-electron chi connectivity index (χ3n) is 2.33. The van der Waals surface area contributed by atoms with Crippen molar-refractivity contribution in [3.05, 3.63) is 28.2 Å². The Hall–Kier alpha value is -0.390. The smallest absolute Gasteiger partial charge is 0.179 e. The number of benzene rings is 1. The number of aliphatic hydroxyl groups is 1. The van der Waals surface area contributed by atoms with E-state index < -0.39 is 15.9 Å². The summed E-state index contributed by atoms with van der Waals surface area (Å²) in [5, 5.41) is 9.63. The third kappa shape index (κ3) is 1.49. The largest absolute Gasteiger partial charge is 0.388 e. The summed E-state index contributed by atoms with van der Waals surface area (Å²) in [6, 6.07) is 5.06. The second-order valence-electron chi connectivity index (χ2n) is 3.28. The van der Waals surface area contributed by atoms with E-state index >= 15 is 0 Å². The molecule has 0 fully saturated rings. The van der Waals surface area contributed by atoms with Crippen molar-refractivity contribution in [1.82, 2.24) is 0 Å². The van der Waals surface area contributed by atoms with Gasteiger partial charge in [-0.2, -0.15) is 0 Å². The molecule has 0 bridgehead atoms. The maximum absolute atomic E-state index is 11.7.